The summed E-state index contributed by atoms with van der Waals surface area (Å²) in [6.45, 7) is 6.94. The molecule has 38 heavy (non-hydrogen) atoms. The molecule has 1 heterocycles. The molecule has 0 amide bonds. The molecule has 2 atom stereocenters. The summed E-state index contributed by atoms with van der Waals surface area (Å²) < 4.78 is 44.0. The van der Waals surface area contributed by atoms with Gasteiger partial charge in [0.2, 0.25) is 11.2 Å². The first-order valence-electron chi connectivity index (χ1n) is 11.6. The van der Waals surface area contributed by atoms with E-state index in [1.807, 2.05) is 13.8 Å². The van der Waals surface area contributed by atoms with Gasteiger partial charge in [-0.25, -0.2) is 4.79 Å². The fraction of sp³-hybridized carbons (Fsp3) is 0.414. The summed E-state index contributed by atoms with van der Waals surface area (Å²) in [4.78, 5) is 12.3. The molecule has 1 fully saturated rings. The molecule has 2 unspecified atom stereocenters. The zero-order valence-corrected chi connectivity index (χ0v) is 23.3. The first-order chi connectivity index (χ1) is 18.0. The van der Waals surface area contributed by atoms with Crippen LogP contribution in [-0.2, 0) is 9.47 Å². The standard InChI is InChI=1S/C29H32O9/c1-17-19(21(31-5)15-23(33-7)25(17)35-9)11-13-28(3)29(4,38-27(30)37-28)14-12-20-18(2)26(36-10)24(34-8)16-22(20)32-6/h15-16H,1-10H3. The predicted molar refractivity (Wildman–Crippen MR) is 140 cm³/mol. The Morgan fingerprint density at radius 2 is 0.947 bits per heavy atom. The van der Waals surface area contributed by atoms with E-state index in [2.05, 4.69) is 23.7 Å². The number of hydrogen-bond acceptors (Lipinski definition) is 9. The van der Waals surface area contributed by atoms with E-state index in [0.717, 1.165) is 0 Å². The third kappa shape index (κ3) is 4.80. The molecule has 0 saturated carbocycles. The molecule has 2 aromatic carbocycles. The second-order valence-corrected chi connectivity index (χ2v) is 8.65. The molecule has 0 aliphatic carbocycles. The Hall–Kier alpha value is -4.37. The lowest BCUT2D eigenvalue weighted by Crippen LogP contribution is -2.45. The Bertz CT molecular complexity index is 1270. The molecule has 0 radical (unpaired) electrons. The molecular weight excluding hydrogens is 492 g/mol. The lowest BCUT2D eigenvalue weighted by Gasteiger charge is -2.26. The fourth-order valence-electron chi connectivity index (χ4n) is 4.13. The maximum absolute atomic E-state index is 12.3. The van der Waals surface area contributed by atoms with Gasteiger partial charge < -0.3 is 37.9 Å². The minimum absolute atomic E-state index is 0.472. The van der Waals surface area contributed by atoms with Crippen LogP contribution in [-0.4, -0.2) is 60.0 Å². The molecule has 9 nitrogen and oxygen atoms in total. The highest BCUT2D eigenvalue weighted by molar-refractivity contribution is 5.69. The molecule has 2 aromatic rings. The Morgan fingerprint density at radius 3 is 1.24 bits per heavy atom. The zero-order chi connectivity index (χ0) is 28.3. The Kier molecular flexibility index (Phi) is 8.12. The summed E-state index contributed by atoms with van der Waals surface area (Å²) >= 11 is 0. The normalized spacial score (nSPS) is 19.6. The van der Waals surface area contributed by atoms with Crippen molar-refractivity contribution in [1.29, 1.82) is 0 Å². The first kappa shape index (κ1) is 28.2. The lowest BCUT2D eigenvalue weighted by atomic mass is 9.86. The van der Waals surface area contributed by atoms with Gasteiger partial charge in [-0.2, -0.15) is 0 Å². The van der Waals surface area contributed by atoms with Crippen LogP contribution in [0.15, 0.2) is 12.1 Å². The monoisotopic (exact) mass is 524 g/mol. The van der Waals surface area contributed by atoms with Crippen molar-refractivity contribution in [3.05, 3.63) is 34.4 Å². The Labute approximate surface area is 223 Å². The highest BCUT2D eigenvalue weighted by Crippen LogP contribution is 2.41. The molecule has 1 aliphatic heterocycles. The van der Waals surface area contributed by atoms with Gasteiger partial charge >= 0.3 is 6.16 Å². The van der Waals surface area contributed by atoms with Crippen molar-refractivity contribution in [3.63, 3.8) is 0 Å². The summed E-state index contributed by atoms with van der Waals surface area (Å²) in [5.74, 6) is 15.2. The number of cyclic esters (lactones) is 2. The Morgan fingerprint density at radius 1 is 0.605 bits per heavy atom. The van der Waals surface area contributed by atoms with E-state index in [9.17, 15) is 4.79 Å². The van der Waals surface area contributed by atoms with Crippen LogP contribution in [0.2, 0.25) is 0 Å². The van der Waals surface area contributed by atoms with E-state index in [4.69, 9.17) is 37.9 Å². The van der Waals surface area contributed by atoms with Gasteiger partial charge in [0.1, 0.15) is 11.5 Å². The maximum Gasteiger partial charge on any atom is 0.511 e. The van der Waals surface area contributed by atoms with Gasteiger partial charge in [0.25, 0.3) is 0 Å². The van der Waals surface area contributed by atoms with Crippen LogP contribution in [0.3, 0.4) is 0 Å². The van der Waals surface area contributed by atoms with Crippen LogP contribution in [0, 0.1) is 37.5 Å². The summed E-state index contributed by atoms with van der Waals surface area (Å²) in [6.07, 6.45) is -0.884. The van der Waals surface area contributed by atoms with Crippen LogP contribution in [0.5, 0.6) is 34.5 Å². The molecule has 1 aliphatic rings. The van der Waals surface area contributed by atoms with E-state index in [-0.39, 0.29) is 0 Å². The second kappa shape index (κ2) is 10.9. The van der Waals surface area contributed by atoms with Crippen molar-refractivity contribution in [2.45, 2.75) is 38.9 Å². The van der Waals surface area contributed by atoms with Crippen LogP contribution in [0.4, 0.5) is 4.79 Å². The van der Waals surface area contributed by atoms with Crippen molar-refractivity contribution in [2.75, 3.05) is 42.7 Å². The average Bonchev–Trinajstić information content (AvgIpc) is 3.13. The molecule has 0 N–H and O–H groups in total. The van der Waals surface area contributed by atoms with E-state index in [1.54, 1.807) is 40.2 Å². The predicted octanol–water partition coefficient (Wildman–Crippen LogP) is 4.44. The molecular formula is C29H32O9. The van der Waals surface area contributed by atoms with Gasteiger partial charge in [-0.1, -0.05) is 11.8 Å². The van der Waals surface area contributed by atoms with E-state index >= 15 is 0 Å². The fourth-order valence-corrected chi connectivity index (χ4v) is 4.13. The maximum atomic E-state index is 12.3. The second-order valence-electron chi connectivity index (χ2n) is 8.65. The Balaban J connectivity index is 2.16. The van der Waals surface area contributed by atoms with Gasteiger partial charge in [-0.15, -0.1) is 0 Å². The highest BCUT2D eigenvalue weighted by Gasteiger charge is 2.56. The summed E-state index contributed by atoms with van der Waals surface area (Å²) in [6, 6.07) is 3.36. The minimum atomic E-state index is -1.43. The lowest BCUT2D eigenvalue weighted by molar-refractivity contribution is 0.0692. The largest absolute Gasteiger partial charge is 0.511 e. The quantitative estimate of drug-likeness (QED) is 0.402. The van der Waals surface area contributed by atoms with Gasteiger partial charge in [-0.05, 0) is 39.5 Å². The van der Waals surface area contributed by atoms with Crippen molar-refractivity contribution in [3.8, 4) is 58.2 Å². The zero-order valence-electron chi connectivity index (χ0n) is 23.3. The third-order valence-electron chi connectivity index (χ3n) is 6.52. The molecule has 0 aromatic heterocycles. The van der Waals surface area contributed by atoms with E-state index in [1.165, 1.54) is 28.4 Å². The molecule has 0 bridgehead atoms. The van der Waals surface area contributed by atoms with Gasteiger partial charge in [0.05, 0.1) is 53.8 Å². The smallest absolute Gasteiger partial charge is 0.495 e. The summed E-state index contributed by atoms with van der Waals surface area (Å²) in [5.41, 5.74) is -0.380. The number of benzene rings is 2. The van der Waals surface area contributed by atoms with Crippen molar-refractivity contribution in [2.24, 2.45) is 0 Å². The molecule has 202 valence electrons. The van der Waals surface area contributed by atoms with Crippen LogP contribution in [0.25, 0.3) is 0 Å². The summed E-state index contributed by atoms with van der Waals surface area (Å²) in [5, 5.41) is 0. The van der Waals surface area contributed by atoms with E-state index in [0.29, 0.717) is 56.8 Å². The van der Waals surface area contributed by atoms with Crippen LogP contribution >= 0.6 is 0 Å². The number of carbonyl (C=O) groups excluding carboxylic acids is 1. The number of carbonyl (C=O) groups is 1. The number of ether oxygens (including phenoxy) is 8. The molecule has 3 rings (SSSR count). The number of rotatable bonds is 6. The average molecular weight is 525 g/mol. The van der Waals surface area contributed by atoms with E-state index < -0.39 is 17.4 Å². The minimum Gasteiger partial charge on any atom is -0.495 e. The van der Waals surface area contributed by atoms with Gasteiger partial charge in [0.15, 0.2) is 23.0 Å². The number of hydrogen-bond donors (Lipinski definition) is 0. The highest BCUT2D eigenvalue weighted by atomic mass is 16.8. The first-order valence-corrected chi connectivity index (χ1v) is 11.6. The molecule has 1 saturated heterocycles. The third-order valence-corrected chi connectivity index (χ3v) is 6.52. The van der Waals surface area contributed by atoms with Crippen molar-refractivity contribution < 1.29 is 42.7 Å². The summed E-state index contributed by atoms with van der Waals surface area (Å²) in [7, 11) is 9.22. The van der Waals surface area contributed by atoms with Gasteiger partial charge in [-0.3, -0.25) is 0 Å². The molecule has 9 heteroatoms. The van der Waals surface area contributed by atoms with Crippen molar-refractivity contribution in [1.82, 2.24) is 0 Å². The number of methoxy groups -OCH3 is 6. The van der Waals surface area contributed by atoms with Crippen molar-refractivity contribution >= 4 is 6.16 Å². The van der Waals surface area contributed by atoms with Gasteiger partial charge in [0, 0.05) is 23.3 Å². The SMILES string of the molecule is COc1cc(OC)c(OC)c(C)c1C#CC1(C)OC(=O)OC1(C)C#Cc1c(OC)cc(OC)c(OC)c1C. The molecule has 0 spiro atoms. The van der Waals surface area contributed by atoms with Crippen LogP contribution in [0.1, 0.15) is 36.1 Å². The topological polar surface area (TPSA) is 90.9 Å². The van der Waals surface area contributed by atoms with Crippen LogP contribution < -0.4 is 28.4 Å².